The summed E-state index contributed by atoms with van der Waals surface area (Å²) in [5.74, 6) is -1.25. The van der Waals surface area contributed by atoms with Crippen LogP contribution in [-0.2, 0) is 14.3 Å². The lowest BCUT2D eigenvalue weighted by Gasteiger charge is -2.39. The standard InChI is InChI=1S/C21H24ClNO4/c1-5-27-20(26)17-11(2)23-14-9-21(3,4)10-16(25)19(14)18(17)13-8-12(22)6-7-15(13)24/h6-8,18,23-24H,5,9-10H2,1-4H3/t18-/m1/s1. The predicted molar refractivity (Wildman–Crippen MR) is 103 cm³/mol. The van der Waals surface area contributed by atoms with Crippen molar-refractivity contribution >= 4 is 23.4 Å². The van der Waals surface area contributed by atoms with Gasteiger partial charge in [-0.3, -0.25) is 4.79 Å². The quantitative estimate of drug-likeness (QED) is 0.757. The van der Waals surface area contributed by atoms with Gasteiger partial charge < -0.3 is 15.2 Å². The van der Waals surface area contributed by atoms with E-state index < -0.39 is 11.9 Å². The van der Waals surface area contributed by atoms with E-state index in [2.05, 4.69) is 5.32 Å². The molecule has 0 aromatic heterocycles. The summed E-state index contributed by atoms with van der Waals surface area (Å²) in [6, 6.07) is 4.66. The van der Waals surface area contributed by atoms with Crippen molar-refractivity contribution in [2.24, 2.45) is 5.41 Å². The van der Waals surface area contributed by atoms with Gasteiger partial charge in [-0.2, -0.15) is 0 Å². The third kappa shape index (κ3) is 3.61. The highest BCUT2D eigenvalue weighted by Crippen LogP contribution is 2.48. The van der Waals surface area contributed by atoms with Gasteiger partial charge in [0.15, 0.2) is 5.78 Å². The summed E-state index contributed by atoms with van der Waals surface area (Å²) in [6.45, 7) is 7.83. The number of ether oxygens (including phenoxy) is 1. The maximum Gasteiger partial charge on any atom is 0.336 e. The summed E-state index contributed by atoms with van der Waals surface area (Å²) < 4.78 is 5.24. The molecule has 0 fully saturated rings. The molecule has 144 valence electrons. The summed E-state index contributed by atoms with van der Waals surface area (Å²) >= 11 is 6.16. The van der Waals surface area contributed by atoms with Crippen LogP contribution in [0.15, 0.2) is 40.7 Å². The first-order valence-electron chi connectivity index (χ1n) is 9.04. The van der Waals surface area contributed by atoms with Gasteiger partial charge in [0.1, 0.15) is 5.75 Å². The number of Topliss-reactive ketones (excluding diaryl/α,β-unsaturated/α-hetero) is 1. The zero-order valence-corrected chi connectivity index (χ0v) is 16.7. The Morgan fingerprint density at radius 3 is 2.74 bits per heavy atom. The molecule has 27 heavy (non-hydrogen) atoms. The van der Waals surface area contributed by atoms with Crippen LogP contribution in [0.3, 0.4) is 0 Å². The van der Waals surface area contributed by atoms with E-state index in [0.717, 1.165) is 5.70 Å². The molecule has 1 aliphatic carbocycles. The number of nitrogens with one attached hydrogen (secondary N) is 1. The number of carbonyl (C=O) groups excluding carboxylic acids is 2. The van der Waals surface area contributed by atoms with E-state index in [9.17, 15) is 14.7 Å². The minimum absolute atomic E-state index is 0.00891. The number of carbonyl (C=O) groups is 2. The van der Waals surface area contributed by atoms with Gasteiger partial charge in [-0.1, -0.05) is 25.4 Å². The van der Waals surface area contributed by atoms with Crippen LogP contribution < -0.4 is 5.32 Å². The highest BCUT2D eigenvalue weighted by molar-refractivity contribution is 6.30. The average Bonchev–Trinajstić information content (AvgIpc) is 2.54. The van der Waals surface area contributed by atoms with Crippen molar-refractivity contribution in [3.05, 3.63) is 51.3 Å². The van der Waals surface area contributed by atoms with Gasteiger partial charge in [-0.15, -0.1) is 0 Å². The first-order chi connectivity index (χ1) is 12.6. The van der Waals surface area contributed by atoms with E-state index in [4.69, 9.17) is 16.3 Å². The Hall–Kier alpha value is -2.27. The van der Waals surface area contributed by atoms with Crippen molar-refractivity contribution in [2.75, 3.05) is 6.61 Å². The van der Waals surface area contributed by atoms with Gasteiger partial charge >= 0.3 is 5.97 Å². The van der Waals surface area contributed by atoms with E-state index in [1.165, 1.54) is 6.07 Å². The number of dihydropyridines is 1. The average molecular weight is 390 g/mol. The Balaban J connectivity index is 2.24. The normalized spacial score (nSPS) is 21.7. The molecule has 0 saturated heterocycles. The molecule has 0 radical (unpaired) electrons. The fourth-order valence-electron chi connectivity index (χ4n) is 3.98. The van der Waals surface area contributed by atoms with Gasteiger partial charge in [0.05, 0.1) is 18.1 Å². The van der Waals surface area contributed by atoms with E-state index in [0.29, 0.717) is 40.3 Å². The molecule has 1 atom stereocenters. The van der Waals surface area contributed by atoms with Crippen molar-refractivity contribution in [1.29, 1.82) is 0 Å². The number of hydrogen-bond acceptors (Lipinski definition) is 5. The van der Waals surface area contributed by atoms with Crippen LogP contribution in [0.25, 0.3) is 0 Å². The second kappa shape index (κ2) is 7.04. The molecular weight excluding hydrogens is 366 g/mol. The molecule has 1 aliphatic heterocycles. The molecule has 2 N–H and O–H groups in total. The molecule has 0 saturated carbocycles. The predicted octanol–water partition coefficient (Wildman–Crippen LogP) is 4.21. The molecule has 1 aromatic rings. The fraction of sp³-hybridized carbons (Fsp3) is 0.429. The van der Waals surface area contributed by atoms with Crippen molar-refractivity contribution in [3.8, 4) is 5.75 Å². The van der Waals surface area contributed by atoms with Gasteiger partial charge in [-0.05, 0) is 43.9 Å². The summed E-state index contributed by atoms with van der Waals surface area (Å²) in [7, 11) is 0. The molecule has 0 bridgehead atoms. The zero-order chi connectivity index (χ0) is 19.9. The Morgan fingerprint density at radius 1 is 1.37 bits per heavy atom. The topological polar surface area (TPSA) is 75.6 Å². The Morgan fingerprint density at radius 2 is 2.07 bits per heavy atom. The van der Waals surface area contributed by atoms with Crippen LogP contribution in [-0.4, -0.2) is 23.5 Å². The maximum absolute atomic E-state index is 13.1. The lowest BCUT2D eigenvalue weighted by atomic mass is 9.68. The summed E-state index contributed by atoms with van der Waals surface area (Å²) in [5.41, 5.74) is 2.54. The van der Waals surface area contributed by atoms with E-state index in [1.54, 1.807) is 26.0 Å². The Kier molecular flexibility index (Phi) is 5.08. The second-order valence-corrected chi connectivity index (χ2v) is 8.29. The largest absolute Gasteiger partial charge is 0.508 e. The van der Waals surface area contributed by atoms with Crippen molar-refractivity contribution < 1.29 is 19.4 Å². The number of benzene rings is 1. The maximum atomic E-state index is 13.1. The highest BCUT2D eigenvalue weighted by Gasteiger charge is 2.43. The summed E-state index contributed by atoms with van der Waals surface area (Å²) in [6.07, 6.45) is 1.06. The lowest BCUT2D eigenvalue weighted by molar-refractivity contribution is -0.138. The molecule has 0 unspecified atom stereocenters. The minimum atomic E-state index is -0.706. The smallest absolute Gasteiger partial charge is 0.336 e. The molecule has 5 nitrogen and oxygen atoms in total. The van der Waals surface area contributed by atoms with E-state index in [-0.39, 0.29) is 23.6 Å². The van der Waals surface area contributed by atoms with Crippen LogP contribution >= 0.6 is 11.6 Å². The number of ketones is 1. The van der Waals surface area contributed by atoms with Gasteiger partial charge in [0, 0.05) is 34.0 Å². The SMILES string of the molecule is CCOC(=O)C1=C(C)NC2=C(C(=O)CC(C)(C)C2)[C@@H]1c1cc(Cl)ccc1O. The van der Waals surface area contributed by atoms with Crippen LogP contribution in [0.4, 0.5) is 0 Å². The number of aromatic hydroxyl groups is 1. The number of hydrogen-bond donors (Lipinski definition) is 2. The van der Waals surface area contributed by atoms with Crippen LogP contribution in [0.1, 0.15) is 52.0 Å². The number of esters is 1. The van der Waals surface area contributed by atoms with Crippen molar-refractivity contribution in [1.82, 2.24) is 5.32 Å². The number of allylic oxidation sites excluding steroid dienone is 3. The van der Waals surface area contributed by atoms with Crippen LogP contribution in [0.2, 0.25) is 5.02 Å². The Labute approximate surface area is 164 Å². The van der Waals surface area contributed by atoms with Gasteiger partial charge in [0.2, 0.25) is 0 Å². The van der Waals surface area contributed by atoms with Crippen LogP contribution in [0, 0.1) is 5.41 Å². The molecule has 0 amide bonds. The van der Waals surface area contributed by atoms with Gasteiger partial charge in [-0.25, -0.2) is 4.79 Å². The third-order valence-corrected chi connectivity index (χ3v) is 5.27. The molecule has 6 heteroatoms. The number of rotatable bonds is 3. The third-order valence-electron chi connectivity index (χ3n) is 5.04. The number of phenolic OH excluding ortho intramolecular Hbond substituents is 1. The lowest BCUT2D eigenvalue weighted by Crippen LogP contribution is -2.38. The molecular formula is C21H24ClNO4. The monoisotopic (exact) mass is 389 g/mol. The molecule has 1 heterocycles. The fourth-order valence-corrected chi connectivity index (χ4v) is 4.16. The molecule has 2 aliphatic rings. The summed E-state index contributed by atoms with van der Waals surface area (Å²) in [5, 5.41) is 14.2. The number of halogens is 1. The van der Waals surface area contributed by atoms with Crippen molar-refractivity contribution in [3.63, 3.8) is 0 Å². The first-order valence-corrected chi connectivity index (χ1v) is 9.42. The van der Waals surface area contributed by atoms with Crippen LogP contribution in [0.5, 0.6) is 5.75 Å². The number of phenols is 1. The van der Waals surface area contributed by atoms with Crippen molar-refractivity contribution in [2.45, 2.75) is 46.5 Å². The molecule has 3 rings (SSSR count). The molecule has 1 aromatic carbocycles. The molecule has 0 spiro atoms. The van der Waals surface area contributed by atoms with E-state index in [1.807, 2.05) is 13.8 Å². The Bertz CT molecular complexity index is 882. The van der Waals surface area contributed by atoms with E-state index >= 15 is 0 Å². The zero-order valence-electron chi connectivity index (χ0n) is 16.0. The minimum Gasteiger partial charge on any atom is -0.508 e. The van der Waals surface area contributed by atoms with Gasteiger partial charge in [0.25, 0.3) is 0 Å². The second-order valence-electron chi connectivity index (χ2n) is 7.85. The first kappa shape index (κ1) is 19.5. The summed E-state index contributed by atoms with van der Waals surface area (Å²) in [4.78, 5) is 25.8. The highest BCUT2D eigenvalue weighted by atomic mass is 35.5.